The van der Waals surface area contributed by atoms with E-state index in [-0.39, 0.29) is 43.1 Å². The number of rotatable bonds is 9. The molecule has 0 saturated carbocycles. The van der Waals surface area contributed by atoms with Crippen LogP contribution < -0.4 is 4.73 Å². The van der Waals surface area contributed by atoms with E-state index in [2.05, 4.69) is 6.92 Å². The molecule has 0 aliphatic carbocycles. The number of aliphatic hydroxyl groups is 1. The highest BCUT2D eigenvalue weighted by molar-refractivity contribution is 7.99. The topological polar surface area (TPSA) is 103 Å². The summed E-state index contributed by atoms with van der Waals surface area (Å²) in [5, 5.41) is 22.5. The number of aromatic nitrogens is 1. The van der Waals surface area contributed by atoms with Gasteiger partial charge in [0.2, 0.25) is 0 Å². The maximum Gasteiger partial charge on any atom is 0.261 e. The van der Waals surface area contributed by atoms with Gasteiger partial charge < -0.3 is 19.8 Å². The molecule has 0 bridgehead atoms. The van der Waals surface area contributed by atoms with E-state index < -0.39 is 6.29 Å². The molecule has 2 aliphatic rings. The van der Waals surface area contributed by atoms with Crippen molar-refractivity contribution in [1.29, 1.82) is 0 Å². The number of aliphatic hydroxyl groups excluding tert-OH is 1. The van der Waals surface area contributed by atoms with Gasteiger partial charge in [0.05, 0.1) is 36.5 Å². The standard InChI is InChI=1S/C39H34N2O6S/c1-25-34(24-48-35-11-4-5-20-41(35)45)46-39(47-36(25)29-14-12-26(23-42)13-15-29)30-18-16-28(17-19-30)31-8-6-7-27(21-31)22-40-37(43)32-9-2-3-10-33(32)38(40)44/h2-21,25,34,36,39,42H,22-24H2,1H3. The average molecular weight is 659 g/mol. The Bertz CT molecular complexity index is 1910. The Kier molecular flexibility index (Phi) is 9.10. The van der Waals surface area contributed by atoms with Crippen LogP contribution in [0, 0.1) is 11.1 Å². The highest BCUT2D eigenvalue weighted by atomic mass is 32.2. The molecule has 8 nitrogen and oxygen atoms in total. The highest BCUT2D eigenvalue weighted by Crippen LogP contribution is 2.43. The Morgan fingerprint density at radius 1 is 0.771 bits per heavy atom. The van der Waals surface area contributed by atoms with Crippen molar-refractivity contribution in [1.82, 2.24) is 4.90 Å². The fourth-order valence-corrected chi connectivity index (χ4v) is 7.33. The Morgan fingerprint density at radius 2 is 1.46 bits per heavy atom. The predicted octanol–water partition coefficient (Wildman–Crippen LogP) is 6.86. The van der Waals surface area contributed by atoms with Gasteiger partial charge in [-0.3, -0.25) is 14.5 Å². The predicted molar refractivity (Wildman–Crippen MR) is 182 cm³/mol. The van der Waals surface area contributed by atoms with E-state index in [0.717, 1.165) is 38.1 Å². The first-order valence-electron chi connectivity index (χ1n) is 15.9. The monoisotopic (exact) mass is 658 g/mol. The average Bonchev–Trinajstić information content (AvgIpc) is 3.36. The third-order valence-corrected chi connectivity index (χ3v) is 10.1. The molecule has 1 N–H and O–H groups in total. The number of amides is 2. The first-order chi connectivity index (χ1) is 23.4. The van der Waals surface area contributed by atoms with Crippen LogP contribution in [-0.4, -0.2) is 33.7 Å². The van der Waals surface area contributed by atoms with Crippen LogP contribution in [0.3, 0.4) is 0 Å². The SMILES string of the molecule is CC1C(CSc2cccc[n+]2[O-])OC(c2ccc(-c3cccc(CN4C(=O)c5ccccc5C4=O)c3)cc2)OC1c1ccc(CO)cc1. The van der Waals surface area contributed by atoms with Crippen LogP contribution >= 0.6 is 11.8 Å². The first-order valence-corrected chi connectivity index (χ1v) is 16.8. The molecule has 4 unspecified atom stereocenters. The molecule has 0 radical (unpaired) electrons. The molecule has 1 fully saturated rings. The van der Waals surface area contributed by atoms with Gasteiger partial charge >= 0.3 is 0 Å². The van der Waals surface area contributed by atoms with Crippen LogP contribution in [0.25, 0.3) is 11.1 Å². The zero-order valence-electron chi connectivity index (χ0n) is 26.3. The fraction of sp³-hybridized carbons (Fsp3) is 0.205. The lowest BCUT2D eigenvalue weighted by Gasteiger charge is -2.41. The molecule has 1 aromatic heterocycles. The van der Waals surface area contributed by atoms with Crippen molar-refractivity contribution in [3.05, 3.63) is 160 Å². The number of hydrogen-bond donors (Lipinski definition) is 1. The summed E-state index contributed by atoms with van der Waals surface area (Å²) in [6, 6.07) is 35.9. The lowest BCUT2D eigenvalue weighted by Crippen LogP contribution is -2.39. The summed E-state index contributed by atoms with van der Waals surface area (Å²) in [6.45, 7) is 2.26. The Balaban J connectivity index is 1.10. The van der Waals surface area contributed by atoms with Crippen LogP contribution in [0.2, 0.25) is 0 Å². The molecule has 4 aromatic carbocycles. The third-order valence-electron chi connectivity index (χ3n) is 8.97. The molecule has 0 spiro atoms. The minimum absolute atomic E-state index is 0.0123. The van der Waals surface area contributed by atoms with Crippen molar-refractivity contribution < 1.29 is 28.9 Å². The third kappa shape index (κ3) is 6.37. The van der Waals surface area contributed by atoms with Gasteiger partial charge in [0.25, 0.3) is 16.8 Å². The van der Waals surface area contributed by atoms with Crippen LogP contribution in [0.4, 0.5) is 0 Å². The van der Waals surface area contributed by atoms with E-state index in [9.17, 15) is 19.9 Å². The molecule has 2 aliphatic heterocycles. The molecule has 5 aromatic rings. The molecule has 48 heavy (non-hydrogen) atoms. The number of carbonyl (C=O) groups excluding carboxylic acids is 2. The van der Waals surface area contributed by atoms with Gasteiger partial charge in [-0.15, -0.1) is 0 Å². The van der Waals surface area contributed by atoms with E-state index in [1.165, 1.54) is 22.9 Å². The van der Waals surface area contributed by atoms with E-state index in [0.29, 0.717) is 21.9 Å². The van der Waals surface area contributed by atoms with Gasteiger partial charge in [0, 0.05) is 29.4 Å². The van der Waals surface area contributed by atoms with E-state index in [1.807, 2.05) is 78.9 Å². The lowest BCUT2D eigenvalue weighted by molar-refractivity contribution is -0.645. The van der Waals surface area contributed by atoms with Crippen LogP contribution in [0.5, 0.6) is 0 Å². The summed E-state index contributed by atoms with van der Waals surface area (Å²) in [4.78, 5) is 27.1. The van der Waals surface area contributed by atoms with Crippen molar-refractivity contribution >= 4 is 23.6 Å². The maximum absolute atomic E-state index is 12.9. The van der Waals surface area contributed by atoms with E-state index >= 15 is 0 Å². The van der Waals surface area contributed by atoms with Crippen molar-refractivity contribution in [3.8, 4) is 11.1 Å². The van der Waals surface area contributed by atoms with Crippen molar-refractivity contribution in [2.24, 2.45) is 5.92 Å². The molecule has 9 heteroatoms. The highest BCUT2D eigenvalue weighted by Gasteiger charge is 2.39. The van der Waals surface area contributed by atoms with Crippen molar-refractivity contribution in [2.45, 2.75) is 43.6 Å². The number of thioether (sulfide) groups is 1. The number of carbonyl (C=O) groups is 2. The molecular weight excluding hydrogens is 625 g/mol. The number of ether oxygens (including phenoxy) is 2. The smallest absolute Gasteiger partial charge is 0.261 e. The minimum atomic E-state index is -0.640. The van der Waals surface area contributed by atoms with E-state index in [1.54, 1.807) is 36.4 Å². The summed E-state index contributed by atoms with van der Waals surface area (Å²) in [7, 11) is 0. The van der Waals surface area contributed by atoms with Crippen molar-refractivity contribution in [3.63, 3.8) is 0 Å². The second kappa shape index (κ2) is 13.7. The summed E-state index contributed by atoms with van der Waals surface area (Å²) < 4.78 is 14.0. The molecule has 2 amide bonds. The number of nitrogens with zero attached hydrogens (tertiary/aromatic N) is 2. The van der Waals surface area contributed by atoms with Crippen molar-refractivity contribution in [2.75, 3.05) is 5.75 Å². The maximum atomic E-state index is 12.9. The molecular formula is C39H34N2O6S. The van der Waals surface area contributed by atoms with Crippen LogP contribution in [0.1, 0.15) is 62.3 Å². The van der Waals surface area contributed by atoms with Gasteiger partial charge in [-0.1, -0.05) is 97.5 Å². The number of benzene rings is 4. The molecule has 4 atom stereocenters. The number of imide groups is 1. The minimum Gasteiger partial charge on any atom is -0.618 e. The Morgan fingerprint density at radius 3 is 2.15 bits per heavy atom. The van der Waals surface area contributed by atoms with Gasteiger partial charge in [-0.2, -0.15) is 4.73 Å². The summed E-state index contributed by atoms with van der Waals surface area (Å²) in [5.74, 6) is 0.00272. The Labute approximate surface area is 283 Å². The number of hydrogen-bond acceptors (Lipinski definition) is 7. The second-order valence-electron chi connectivity index (χ2n) is 12.1. The lowest BCUT2D eigenvalue weighted by atomic mass is 9.91. The molecule has 1 saturated heterocycles. The zero-order chi connectivity index (χ0) is 33.2. The fourth-order valence-electron chi connectivity index (χ4n) is 6.25. The summed E-state index contributed by atoms with van der Waals surface area (Å²) in [5.41, 5.74) is 6.35. The normalized spacial score (nSPS) is 20.6. The number of pyridine rings is 1. The van der Waals surface area contributed by atoms with Gasteiger partial charge in [-0.05, 0) is 52.1 Å². The zero-order valence-corrected chi connectivity index (χ0v) is 27.1. The number of fused-ring (bicyclic) bond motifs is 1. The van der Waals surface area contributed by atoms with Gasteiger partial charge in [0.15, 0.2) is 12.5 Å². The van der Waals surface area contributed by atoms with Crippen LogP contribution in [-0.2, 0) is 22.6 Å². The van der Waals surface area contributed by atoms with Gasteiger partial charge in [0.1, 0.15) is 0 Å². The first kappa shape index (κ1) is 31.8. The molecule has 7 rings (SSSR count). The Hall–Kier alpha value is -4.80. The van der Waals surface area contributed by atoms with E-state index in [4.69, 9.17) is 9.47 Å². The molecule has 3 heterocycles. The summed E-state index contributed by atoms with van der Waals surface area (Å²) >= 11 is 1.46. The largest absolute Gasteiger partial charge is 0.618 e. The second-order valence-corrected chi connectivity index (χ2v) is 13.1. The summed E-state index contributed by atoms with van der Waals surface area (Å²) in [6.07, 6.45) is 0.372. The quantitative estimate of drug-likeness (QED) is 0.0799. The molecule has 242 valence electrons. The van der Waals surface area contributed by atoms with Crippen LogP contribution in [0.15, 0.2) is 126 Å². The van der Waals surface area contributed by atoms with Gasteiger partial charge in [-0.25, -0.2) is 0 Å².